The van der Waals surface area contributed by atoms with Crippen LogP contribution in [0.1, 0.15) is 5.56 Å². The van der Waals surface area contributed by atoms with E-state index < -0.39 is 12.0 Å². The standard InChI is InChI=1S/C13H16ClNO3/c14-11-4-2-1-3-10(11)9-12(13(16)17)15-5-7-18-8-6-15/h1-4,12H,5-9H2,(H,16,17)/t12-/m1/s1. The van der Waals surface area contributed by atoms with E-state index in [4.69, 9.17) is 16.3 Å². The van der Waals surface area contributed by atoms with Crippen LogP contribution in [0, 0.1) is 0 Å². The van der Waals surface area contributed by atoms with Crippen molar-refractivity contribution in [2.24, 2.45) is 0 Å². The fourth-order valence-corrected chi connectivity index (χ4v) is 2.35. The lowest BCUT2D eigenvalue weighted by Gasteiger charge is -2.32. The second-order valence-electron chi connectivity index (χ2n) is 4.30. The summed E-state index contributed by atoms with van der Waals surface area (Å²) in [6, 6.07) is 6.85. The number of carboxylic acid groups (broad SMARTS) is 1. The first-order chi connectivity index (χ1) is 8.68. The molecule has 1 heterocycles. The molecular formula is C13H16ClNO3. The van der Waals surface area contributed by atoms with Crippen LogP contribution in [0.15, 0.2) is 24.3 Å². The van der Waals surface area contributed by atoms with Gasteiger partial charge in [0.2, 0.25) is 0 Å². The molecule has 1 aromatic rings. The number of hydrogen-bond acceptors (Lipinski definition) is 3. The monoisotopic (exact) mass is 269 g/mol. The van der Waals surface area contributed by atoms with Crippen molar-refractivity contribution in [1.29, 1.82) is 0 Å². The van der Waals surface area contributed by atoms with Crippen LogP contribution in [0.5, 0.6) is 0 Å². The number of ether oxygens (including phenoxy) is 1. The predicted molar refractivity (Wildman–Crippen MR) is 69.0 cm³/mol. The van der Waals surface area contributed by atoms with Gasteiger partial charge in [-0.3, -0.25) is 9.69 Å². The fraction of sp³-hybridized carbons (Fsp3) is 0.462. The summed E-state index contributed by atoms with van der Waals surface area (Å²) in [4.78, 5) is 13.3. The van der Waals surface area contributed by atoms with Crippen molar-refractivity contribution in [2.75, 3.05) is 26.3 Å². The van der Waals surface area contributed by atoms with Gasteiger partial charge in [0, 0.05) is 24.5 Å². The summed E-state index contributed by atoms with van der Waals surface area (Å²) in [5.41, 5.74) is 0.873. The maximum absolute atomic E-state index is 11.4. The molecule has 1 aliphatic rings. The van der Waals surface area contributed by atoms with Gasteiger partial charge in [0.05, 0.1) is 13.2 Å². The van der Waals surface area contributed by atoms with Gasteiger partial charge in [-0.1, -0.05) is 29.8 Å². The number of nitrogens with zero attached hydrogens (tertiary/aromatic N) is 1. The number of aliphatic carboxylic acids is 1. The van der Waals surface area contributed by atoms with Crippen LogP contribution in [0.25, 0.3) is 0 Å². The normalized spacial score (nSPS) is 18.5. The van der Waals surface area contributed by atoms with Crippen molar-refractivity contribution >= 4 is 17.6 Å². The maximum Gasteiger partial charge on any atom is 0.321 e. The summed E-state index contributed by atoms with van der Waals surface area (Å²) in [6.07, 6.45) is 0.426. The minimum absolute atomic E-state index is 0.426. The van der Waals surface area contributed by atoms with Crippen molar-refractivity contribution in [3.63, 3.8) is 0 Å². The molecule has 0 saturated carbocycles. The Labute approximate surface area is 111 Å². The first-order valence-corrected chi connectivity index (χ1v) is 6.34. The van der Waals surface area contributed by atoms with Crippen molar-refractivity contribution in [2.45, 2.75) is 12.5 Å². The van der Waals surface area contributed by atoms with E-state index in [0.717, 1.165) is 5.56 Å². The summed E-state index contributed by atoms with van der Waals surface area (Å²) < 4.78 is 5.24. The summed E-state index contributed by atoms with van der Waals surface area (Å²) in [7, 11) is 0. The highest BCUT2D eigenvalue weighted by molar-refractivity contribution is 6.31. The average molecular weight is 270 g/mol. The smallest absolute Gasteiger partial charge is 0.321 e. The van der Waals surface area contributed by atoms with E-state index in [2.05, 4.69) is 0 Å². The molecule has 2 rings (SSSR count). The molecule has 1 N–H and O–H groups in total. The molecule has 0 aliphatic carbocycles. The molecule has 0 unspecified atom stereocenters. The van der Waals surface area contributed by atoms with Gasteiger partial charge in [-0.25, -0.2) is 0 Å². The number of benzene rings is 1. The zero-order chi connectivity index (χ0) is 13.0. The van der Waals surface area contributed by atoms with Gasteiger partial charge in [-0.15, -0.1) is 0 Å². The van der Waals surface area contributed by atoms with Gasteiger partial charge in [0.1, 0.15) is 6.04 Å². The number of halogens is 1. The summed E-state index contributed by atoms with van der Waals surface area (Å²) in [6.45, 7) is 2.49. The summed E-state index contributed by atoms with van der Waals surface area (Å²) in [5.74, 6) is -0.809. The Hall–Kier alpha value is -1.10. The molecule has 0 radical (unpaired) electrons. The maximum atomic E-state index is 11.4. The summed E-state index contributed by atoms with van der Waals surface area (Å²) >= 11 is 6.08. The molecule has 0 amide bonds. The Bertz CT molecular complexity index is 418. The van der Waals surface area contributed by atoms with Crippen LogP contribution in [0.2, 0.25) is 5.02 Å². The second kappa shape index (κ2) is 6.18. The second-order valence-corrected chi connectivity index (χ2v) is 4.71. The first kappa shape index (κ1) is 13.3. The number of rotatable bonds is 4. The van der Waals surface area contributed by atoms with Gasteiger partial charge < -0.3 is 9.84 Å². The largest absolute Gasteiger partial charge is 0.480 e. The molecular weight excluding hydrogens is 254 g/mol. The Kier molecular flexibility index (Phi) is 4.58. The Morgan fingerprint density at radius 3 is 2.67 bits per heavy atom. The minimum Gasteiger partial charge on any atom is -0.480 e. The minimum atomic E-state index is -0.809. The third-order valence-electron chi connectivity index (χ3n) is 3.14. The zero-order valence-electron chi connectivity index (χ0n) is 10.0. The van der Waals surface area contributed by atoms with Gasteiger partial charge in [-0.2, -0.15) is 0 Å². The third kappa shape index (κ3) is 3.22. The van der Waals surface area contributed by atoms with Crippen LogP contribution in [0.4, 0.5) is 0 Å². The Morgan fingerprint density at radius 2 is 2.06 bits per heavy atom. The van der Waals surface area contributed by atoms with E-state index in [1.807, 2.05) is 23.1 Å². The molecule has 98 valence electrons. The van der Waals surface area contributed by atoms with E-state index in [1.54, 1.807) is 6.07 Å². The van der Waals surface area contributed by atoms with Crippen molar-refractivity contribution in [1.82, 2.24) is 4.90 Å². The van der Waals surface area contributed by atoms with E-state index in [-0.39, 0.29) is 0 Å². The molecule has 1 aromatic carbocycles. The lowest BCUT2D eigenvalue weighted by atomic mass is 10.0. The van der Waals surface area contributed by atoms with Crippen molar-refractivity contribution in [3.8, 4) is 0 Å². The molecule has 0 aromatic heterocycles. The van der Waals surface area contributed by atoms with E-state index in [1.165, 1.54) is 0 Å². The number of carbonyl (C=O) groups is 1. The van der Waals surface area contributed by atoms with Gasteiger partial charge in [-0.05, 0) is 11.6 Å². The van der Waals surface area contributed by atoms with Gasteiger partial charge in [0.15, 0.2) is 0 Å². The van der Waals surface area contributed by atoms with Gasteiger partial charge in [0.25, 0.3) is 0 Å². The van der Waals surface area contributed by atoms with Crippen molar-refractivity contribution in [3.05, 3.63) is 34.9 Å². The summed E-state index contributed by atoms with van der Waals surface area (Å²) in [5, 5.41) is 9.97. The molecule has 1 atom stereocenters. The van der Waals surface area contributed by atoms with E-state index in [0.29, 0.717) is 37.7 Å². The third-order valence-corrected chi connectivity index (χ3v) is 3.51. The van der Waals surface area contributed by atoms with Crippen molar-refractivity contribution < 1.29 is 14.6 Å². The van der Waals surface area contributed by atoms with Crippen LogP contribution in [-0.2, 0) is 16.0 Å². The highest BCUT2D eigenvalue weighted by Crippen LogP contribution is 2.19. The Balaban J connectivity index is 2.11. The fourth-order valence-electron chi connectivity index (χ4n) is 2.13. The average Bonchev–Trinajstić information content (AvgIpc) is 2.38. The molecule has 18 heavy (non-hydrogen) atoms. The highest BCUT2D eigenvalue weighted by Gasteiger charge is 2.27. The number of hydrogen-bond donors (Lipinski definition) is 1. The Morgan fingerprint density at radius 1 is 1.39 bits per heavy atom. The van der Waals surface area contributed by atoms with Crippen LogP contribution >= 0.6 is 11.6 Å². The molecule has 0 spiro atoms. The first-order valence-electron chi connectivity index (χ1n) is 5.96. The quantitative estimate of drug-likeness (QED) is 0.903. The highest BCUT2D eigenvalue weighted by atomic mass is 35.5. The van der Waals surface area contributed by atoms with E-state index >= 15 is 0 Å². The van der Waals surface area contributed by atoms with Crippen LogP contribution < -0.4 is 0 Å². The van der Waals surface area contributed by atoms with Crippen LogP contribution in [0.3, 0.4) is 0 Å². The topological polar surface area (TPSA) is 49.8 Å². The zero-order valence-corrected chi connectivity index (χ0v) is 10.8. The van der Waals surface area contributed by atoms with E-state index in [9.17, 15) is 9.90 Å². The molecule has 1 fully saturated rings. The molecule has 1 aliphatic heterocycles. The van der Waals surface area contributed by atoms with Gasteiger partial charge >= 0.3 is 5.97 Å². The number of morpholine rings is 1. The lowest BCUT2D eigenvalue weighted by molar-refractivity contribution is -0.145. The molecule has 5 heteroatoms. The van der Waals surface area contributed by atoms with Crippen LogP contribution in [-0.4, -0.2) is 48.3 Å². The molecule has 1 saturated heterocycles. The lowest BCUT2D eigenvalue weighted by Crippen LogP contribution is -2.48. The molecule has 4 nitrogen and oxygen atoms in total. The SMILES string of the molecule is O=C(O)[C@@H](Cc1ccccc1Cl)N1CCOCC1. The number of carboxylic acids is 1. The predicted octanol–water partition coefficient (Wildman–Crippen LogP) is 1.67. The molecule has 0 bridgehead atoms.